The fraction of sp³-hybridized carbons (Fsp3) is 0.0667. The number of nitrogens with zero attached hydrogens (tertiary/aromatic N) is 2. The maximum atomic E-state index is 13.1. The van der Waals surface area contributed by atoms with Gasteiger partial charge in [0.1, 0.15) is 5.82 Å². The van der Waals surface area contributed by atoms with E-state index in [1.54, 1.807) is 31.3 Å². The van der Waals surface area contributed by atoms with Crippen LogP contribution in [-0.2, 0) is 0 Å². The Balaban J connectivity index is 2.30. The van der Waals surface area contributed by atoms with Gasteiger partial charge in [0, 0.05) is 16.3 Å². The fourth-order valence-corrected chi connectivity index (χ4v) is 2.43. The molecule has 100 valence electrons. The van der Waals surface area contributed by atoms with Crippen LogP contribution in [0.4, 0.5) is 10.1 Å². The van der Waals surface area contributed by atoms with E-state index in [0.29, 0.717) is 20.4 Å². The molecule has 0 spiro atoms. The summed E-state index contributed by atoms with van der Waals surface area (Å²) in [4.78, 5) is 13.8. The number of carbonyl (C=O) groups excluding carboxylic acids is 1. The number of benzene rings is 2. The Labute approximate surface area is 129 Å². The molecule has 5 heteroatoms. The molecule has 0 saturated heterocycles. The molecule has 1 amide bonds. The highest BCUT2D eigenvalue weighted by Crippen LogP contribution is 2.20. The highest BCUT2D eigenvalue weighted by Gasteiger charge is 2.16. The lowest BCUT2D eigenvalue weighted by molar-refractivity contribution is 0.0992. The summed E-state index contributed by atoms with van der Waals surface area (Å²) in [6.07, 6.45) is 0. The average molecular weight is 380 g/mol. The Morgan fingerprint density at radius 3 is 2.45 bits per heavy atom. The molecule has 3 nitrogen and oxygen atoms in total. The molecule has 0 aromatic heterocycles. The van der Waals surface area contributed by atoms with Crippen LogP contribution in [0.5, 0.6) is 0 Å². The molecule has 0 saturated carbocycles. The van der Waals surface area contributed by atoms with Crippen LogP contribution in [0.2, 0.25) is 0 Å². The van der Waals surface area contributed by atoms with Gasteiger partial charge in [-0.2, -0.15) is 5.26 Å². The van der Waals surface area contributed by atoms with Crippen LogP contribution in [-0.4, -0.2) is 13.0 Å². The van der Waals surface area contributed by atoms with Gasteiger partial charge in [-0.3, -0.25) is 4.79 Å². The van der Waals surface area contributed by atoms with Crippen molar-refractivity contribution in [1.82, 2.24) is 0 Å². The van der Waals surface area contributed by atoms with Crippen molar-refractivity contribution in [2.45, 2.75) is 0 Å². The summed E-state index contributed by atoms with van der Waals surface area (Å²) in [6.45, 7) is 0. The van der Waals surface area contributed by atoms with Crippen molar-refractivity contribution in [3.05, 3.63) is 63.0 Å². The molecule has 20 heavy (non-hydrogen) atoms. The summed E-state index contributed by atoms with van der Waals surface area (Å²) in [5, 5.41) is 8.75. The van der Waals surface area contributed by atoms with Crippen molar-refractivity contribution in [2.24, 2.45) is 0 Å². The third-order valence-electron chi connectivity index (χ3n) is 2.85. The zero-order chi connectivity index (χ0) is 14.7. The maximum Gasteiger partial charge on any atom is 0.259 e. The number of anilines is 1. The Morgan fingerprint density at radius 1 is 1.25 bits per heavy atom. The smallest absolute Gasteiger partial charge is 0.259 e. The second-order valence-electron chi connectivity index (χ2n) is 4.15. The van der Waals surface area contributed by atoms with E-state index in [-0.39, 0.29) is 11.7 Å². The first-order valence-corrected chi connectivity index (χ1v) is 6.84. The van der Waals surface area contributed by atoms with Gasteiger partial charge in [-0.15, -0.1) is 0 Å². The van der Waals surface area contributed by atoms with Crippen LogP contribution in [0.1, 0.15) is 15.9 Å². The molecule has 2 rings (SSSR count). The lowest BCUT2D eigenvalue weighted by Crippen LogP contribution is -2.27. The number of amides is 1. The Bertz CT molecular complexity index is 692. The minimum absolute atomic E-state index is 0.223. The Morgan fingerprint density at radius 2 is 1.90 bits per heavy atom. The normalized spacial score (nSPS) is 9.90. The summed E-state index contributed by atoms with van der Waals surface area (Å²) in [5.41, 5.74) is 1.65. The van der Waals surface area contributed by atoms with Gasteiger partial charge in [-0.05, 0) is 65.1 Å². The molecule has 0 heterocycles. The van der Waals surface area contributed by atoms with Crippen molar-refractivity contribution >= 4 is 34.2 Å². The first-order valence-electron chi connectivity index (χ1n) is 5.76. The molecule has 0 bridgehead atoms. The average Bonchev–Trinajstić information content (AvgIpc) is 2.46. The molecule has 0 unspecified atom stereocenters. The molecule has 0 radical (unpaired) electrons. The van der Waals surface area contributed by atoms with Crippen LogP contribution >= 0.6 is 22.6 Å². The summed E-state index contributed by atoms with van der Waals surface area (Å²) < 4.78 is 13.6. The van der Waals surface area contributed by atoms with Gasteiger partial charge in [-0.25, -0.2) is 4.39 Å². The summed E-state index contributed by atoms with van der Waals surface area (Å²) in [6, 6.07) is 12.8. The second kappa shape index (κ2) is 6.01. The number of rotatable bonds is 2. The Hall–Kier alpha value is -1.94. The number of hydrogen-bond acceptors (Lipinski definition) is 2. The number of nitriles is 1. The molecule has 2 aromatic rings. The molecule has 0 aliphatic rings. The lowest BCUT2D eigenvalue weighted by atomic mass is 10.1. The van der Waals surface area contributed by atoms with Crippen molar-refractivity contribution in [3.8, 4) is 6.07 Å². The summed E-state index contributed by atoms with van der Waals surface area (Å²) in [7, 11) is 1.64. The van der Waals surface area contributed by atoms with Gasteiger partial charge in [0.05, 0.1) is 17.2 Å². The minimum Gasteiger partial charge on any atom is -0.311 e. The molecule has 0 fully saturated rings. The van der Waals surface area contributed by atoms with Crippen molar-refractivity contribution in [3.63, 3.8) is 0 Å². The highest BCUT2D eigenvalue weighted by atomic mass is 127. The van der Waals surface area contributed by atoms with Gasteiger partial charge in [0.25, 0.3) is 5.91 Å². The second-order valence-corrected chi connectivity index (χ2v) is 5.31. The largest absolute Gasteiger partial charge is 0.311 e. The predicted molar refractivity (Wildman–Crippen MR) is 83.0 cm³/mol. The molecule has 0 aliphatic carbocycles. The molecular weight excluding hydrogens is 370 g/mol. The topological polar surface area (TPSA) is 44.1 Å². The first-order chi connectivity index (χ1) is 9.52. The lowest BCUT2D eigenvalue weighted by Gasteiger charge is -2.18. The maximum absolute atomic E-state index is 13.1. The number of halogens is 2. The summed E-state index contributed by atoms with van der Waals surface area (Å²) >= 11 is 1.93. The van der Waals surface area contributed by atoms with E-state index in [2.05, 4.69) is 0 Å². The van der Waals surface area contributed by atoms with Crippen LogP contribution in [0, 0.1) is 20.7 Å². The van der Waals surface area contributed by atoms with E-state index < -0.39 is 0 Å². The van der Waals surface area contributed by atoms with Crippen LogP contribution < -0.4 is 4.90 Å². The number of hydrogen-bond donors (Lipinski definition) is 0. The van der Waals surface area contributed by atoms with Gasteiger partial charge >= 0.3 is 0 Å². The van der Waals surface area contributed by atoms with Gasteiger partial charge in [0.2, 0.25) is 0 Å². The molecule has 0 N–H and O–H groups in total. The monoisotopic (exact) mass is 380 g/mol. The molecule has 0 aliphatic heterocycles. The predicted octanol–water partition coefficient (Wildman–Crippen LogP) is 3.58. The quantitative estimate of drug-likeness (QED) is 0.748. The van der Waals surface area contributed by atoms with Gasteiger partial charge < -0.3 is 4.90 Å². The van der Waals surface area contributed by atoms with E-state index in [9.17, 15) is 9.18 Å². The van der Waals surface area contributed by atoms with E-state index in [0.717, 1.165) is 0 Å². The van der Waals surface area contributed by atoms with Crippen molar-refractivity contribution in [1.29, 1.82) is 5.26 Å². The zero-order valence-electron chi connectivity index (χ0n) is 10.6. The summed E-state index contributed by atoms with van der Waals surface area (Å²) in [5.74, 6) is -0.592. The molecular formula is C15H10FIN2O. The van der Waals surface area contributed by atoms with Gasteiger partial charge in [-0.1, -0.05) is 0 Å². The first kappa shape index (κ1) is 14.5. The van der Waals surface area contributed by atoms with E-state index in [1.165, 1.54) is 23.1 Å². The third-order valence-corrected chi connectivity index (χ3v) is 3.74. The van der Waals surface area contributed by atoms with E-state index in [1.807, 2.05) is 28.7 Å². The molecule has 2 aromatic carbocycles. The SMILES string of the molecule is CN(C(=O)c1ccc(F)cc1I)c1ccc(C#N)cc1. The minimum atomic E-state index is -0.369. The van der Waals surface area contributed by atoms with Crippen molar-refractivity contribution < 1.29 is 9.18 Å². The van der Waals surface area contributed by atoms with E-state index >= 15 is 0 Å². The van der Waals surface area contributed by atoms with E-state index in [4.69, 9.17) is 5.26 Å². The molecule has 0 atom stereocenters. The number of carbonyl (C=O) groups is 1. The van der Waals surface area contributed by atoms with Crippen LogP contribution in [0.15, 0.2) is 42.5 Å². The van der Waals surface area contributed by atoms with Crippen LogP contribution in [0.25, 0.3) is 0 Å². The fourth-order valence-electron chi connectivity index (χ4n) is 1.72. The highest BCUT2D eigenvalue weighted by molar-refractivity contribution is 14.1. The van der Waals surface area contributed by atoms with Gasteiger partial charge in [0.15, 0.2) is 0 Å². The Kier molecular flexibility index (Phi) is 4.35. The standard InChI is InChI=1S/C15H10FIN2O/c1-19(12-5-2-10(9-18)3-6-12)15(20)13-7-4-11(16)8-14(13)17/h2-8H,1H3. The van der Waals surface area contributed by atoms with Crippen molar-refractivity contribution in [2.75, 3.05) is 11.9 Å². The third kappa shape index (κ3) is 2.96. The van der Waals surface area contributed by atoms with Crippen LogP contribution in [0.3, 0.4) is 0 Å². The zero-order valence-corrected chi connectivity index (χ0v) is 12.8.